The van der Waals surface area contributed by atoms with Crippen LogP contribution in [0.25, 0.3) is 0 Å². The zero-order valence-corrected chi connectivity index (χ0v) is 13.0. The first-order chi connectivity index (χ1) is 11.2. The monoisotopic (exact) mass is 305 g/mol. The summed E-state index contributed by atoms with van der Waals surface area (Å²) in [6.45, 7) is 0.677. The topological polar surface area (TPSA) is 88.9 Å². The van der Waals surface area contributed by atoms with E-state index in [9.17, 15) is 5.26 Å². The predicted molar refractivity (Wildman–Crippen MR) is 92.8 cm³/mol. The Morgan fingerprint density at radius 3 is 2.43 bits per heavy atom. The lowest BCUT2D eigenvalue weighted by atomic mass is 10.1. The number of nitrogen functional groups attached to an aromatic ring is 1. The van der Waals surface area contributed by atoms with Gasteiger partial charge in [0, 0.05) is 19.3 Å². The number of nitrogens with two attached hydrogens (primary N) is 1. The number of benzene rings is 2. The molecule has 116 valence electrons. The highest BCUT2D eigenvalue weighted by Crippen LogP contribution is 2.25. The molecule has 3 N–H and O–H groups in total. The molecule has 1 unspecified atom stereocenters. The Bertz CT molecular complexity index is 724. The maximum Gasteiger partial charge on any atom is 0.140 e. The molecule has 23 heavy (non-hydrogen) atoms. The van der Waals surface area contributed by atoms with Gasteiger partial charge < -0.3 is 16.0 Å². The molecular weight excluding hydrogens is 286 g/mol. The molecule has 2 rings (SSSR count). The molecule has 0 heterocycles. The summed E-state index contributed by atoms with van der Waals surface area (Å²) in [7, 11) is 1.94. The quantitative estimate of drug-likeness (QED) is 0.799. The molecule has 5 nitrogen and oxygen atoms in total. The van der Waals surface area contributed by atoms with Crippen molar-refractivity contribution in [3.63, 3.8) is 0 Å². The number of para-hydroxylation sites is 2. The van der Waals surface area contributed by atoms with Crippen LogP contribution in [0.4, 0.5) is 17.1 Å². The Morgan fingerprint density at radius 2 is 1.83 bits per heavy atom. The van der Waals surface area contributed by atoms with E-state index >= 15 is 0 Å². The van der Waals surface area contributed by atoms with Crippen molar-refractivity contribution in [1.29, 1.82) is 10.5 Å². The summed E-state index contributed by atoms with van der Waals surface area (Å²) in [6.07, 6.45) is 0.480. The van der Waals surface area contributed by atoms with Crippen LogP contribution in [0.15, 0.2) is 48.5 Å². The third-order valence-corrected chi connectivity index (χ3v) is 3.62. The molecule has 0 saturated heterocycles. The smallest absolute Gasteiger partial charge is 0.140 e. The van der Waals surface area contributed by atoms with Crippen molar-refractivity contribution < 1.29 is 0 Å². The number of nitrogens with zero attached hydrogens (tertiary/aromatic N) is 3. The first-order valence-corrected chi connectivity index (χ1v) is 7.34. The van der Waals surface area contributed by atoms with E-state index in [-0.39, 0.29) is 0 Å². The normalized spacial score (nSPS) is 11.1. The van der Waals surface area contributed by atoms with Crippen LogP contribution in [0.5, 0.6) is 0 Å². The SMILES string of the molecule is CN(CCC#N)c1ccc(C(C#N)Nc2ccccc2N)cc1. The molecule has 0 aromatic heterocycles. The van der Waals surface area contributed by atoms with E-state index in [0.717, 1.165) is 16.9 Å². The summed E-state index contributed by atoms with van der Waals surface area (Å²) in [5.41, 5.74) is 9.15. The zero-order chi connectivity index (χ0) is 16.7. The van der Waals surface area contributed by atoms with Gasteiger partial charge in [-0.15, -0.1) is 0 Å². The Labute approximate surface area is 136 Å². The van der Waals surface area contributed by atoms with Gasteiger partial charge in [-0.05, 0) is 29.8 Å². The summed E-state index contributed by atoms with van der Waals surface area (Å²) >= 11 is 0. The van der Waals surface area contributed by atoms with Gasteiger partial charge in [0.25, 0.3) is 0 Å². The lowest BCUT2D eigenvalue weighted by Crippen LogP contribution is -2.18. The van der Waals surface area contributed by atoms with Crippen molar-refractivity contribution in [2.75, 3.05) is 29.5 Å². The minimum atomic E-state index is -0.474. The van der Waals surface area contributed by atoms with Crippen molar-refractivity contribution in [1.82, 2.24) is 0 Å². The van der Waals surface area contributed by atoms with Gasteiger partial charge in [0.2, 0.25) is 0 Å². The Morgan fingerprint density at radius 1 is 1.13 bits per heavy atom. The largest absolute Gasteiger partial charge is 0.397 e. The van der Waals surface area contributed by atoms with Crippen LogP contribution < -0.4 is 16.0 Å². The highest BCUT2D eigenvalue weighted by Gasteiger charge is 2.12. The van der Waals surface area contributed by atoms with Crippen LogP contribution >= 0.6 is 0 Å². The van der Waals surface area contributed by atoms with Gasteiger partial charge in [0.05, 0.1) is 29.9 Å². The van der Waals surface area contributed by atoms with Gasteiger partial charge in [0.15, 0.2) is 0 Å². The average molecular weight is 305 g/mol. The van der Waals surface area contributed by atoms with Crippen LogP contribution in [0.2, 0.25) is 0 Å². The zero-order valence-electron chi connectivity index (χ0n) is 13.0. The van der Waals surface area contributed by atoms with E-state index in [1.54, 1.807) is 6.07 Å². The van der Waals surface area contributed by atoms with Gasteiger partial charge in [-0.25, -0.2) is 0 Å². The van der Waals surface area contributed by atoms with Crippen molar-refractivity contribution in [2.24, 2.45) is 0 Å². The Balaban J connectivity index is 2.12. The van der Waals surface area contributed by atoms with E-state index in [0.29, 0.717) is 18.7 Å². The summed E-state index contributed by atoms with van der Waals surface area (Å²) in [4.78, 5) is 2.01. The van der Waals surface area contributed by atoms with Crippen molar-refractivity contribution >= 4 is 17.1 Å². The summed E-state index contributed by atoms with van der Waals surface area (Å²) in [5, 5.41) is 21.2. The highest BCUT2D eigenvalue weighted by atomic mass is 15.1. The average Bonchev–Trinajstić information content (AvgIpc) is 2.59. The minimum Gasteiger partial charge on any atom is -0.397 e. The number of nitriles is 2. The summed E-state index contributed by atoms with van der Waals surface area (Å²) < 4.78 is 0. The second-order valence-corrected chi connectivity index (χ2v) is 5.21. The molecule has 0 saturated carbocycles. The van der Waals surface area contributed by atoms with Gasteiger partial charge >= 0.3 is 0 Å². The second kappa shape index (κ2) is 7.72. The molecule has 1 atom stereocenters. The fourth-order valence-electron chi connectivity index (χ4n) is 2.24. The number of nitrogens with one attached hydrogen (secondary N) is 1. The minimum absolute atomic E-state index is 0.474. The Hall–Kier alpha value is -3.18. The fraction of sp³-hybridized carbons (Fsp3) is 0.222. The standard InChI is InChI=1S/C18H19N5/c1-23(12-4-11-19)15-9-7-14(8-10-15)18(13-20)22-17-6-3-2-5-16(17)21/h2-3,5-10,18,22H,4,12,21H2,1H3. The molecule has 0 aliphatic rings. The van der Waals surface area contributed by atoms with E-state index in [4.69, 9.17) is 11.0 Å². The molecule has 0 aliphatic carbocycles. The van der Waals surface area contributed by atoms with Gasteiger partial charge in [0.1, 0.15) is 6.04 Å². The number of hydrogen-bond acceptors (Lipinski definition) is 5. The molecule has 0 bridgehead atoms. The summed E-state index contributed by atoms with van der Waals surface area (Å²) in [5.74, 6) is 0. The number of rotatable bonds is 6. The lowest BCUT2D eigenvalue weighted by molar-refractivity contribution is 0.903. The molecule has 0 spiro atoms. The molecule has 2 aromatic carbocycles. The first kappa shape index (κ1) is 16.2. The van der Waals surface area contributed by atoms with Gasteiger partial charge in [-0.2, -0.15) is 10.5 Å². The van der Waals surface area contributed by atoms with Crippen LogP contribution in [-0.4, -0.2) is 13.6 Å². The van der Waals surface area contributed by atoms with Gasteiger partial charge in [-0.3, -0.25) is 0 Å². The number of hydrogen-bond donors (Lipinski definition) is 2. The molecule has 5 heteroatoms. The van der Waals surface area contributed by atoms with E-state index in [1.165, 1.54) is 0 Å². The van der Waals surface area contributed by atoms with Gasteiger partial charge in [-0.1, -0.05) is 24.3 Å². The van der Waals surface area contributed by atoms with Crippen LogP contribution in [0.3, 0.4) is 0 Å². The molecule has 0 amide bonds. The molecule has 0 radical (unpaired) electrons. The van der Waals surface area contributed by atoms with Crippen molar-refractivity contribution in [2.45, 2.75) is 12.5 Å². The molecule has 0 fully saturated rings. The van der Waals surface area contributed by atoms with Crippen LogP contribution in [0.1, 0.15) is 18.0 Å². The molecule has 2 aromatic rings. The highest BCUT2D eigenvalue weighted by molar-refractivity contribution is 5.67. The van der Waals surface area contributed by atoms with E-state index in [1.807, 2.05) is 54.4 Å². The fourth-order valence-corrected chi connectivity index (χ4v) is 2.24. The predicted octanol–water partition coefficient (Wildman–Crippen LogP) is 3.30. The number of anilines is 3. The summed E-state index contributed by atoms with van der Waals surface area (Å²) in [6, 6.07) is 19.0. The van der Waals surface area contributed by atoms with E-state index in [2.05, 4.69) is 17.5 Å². The van der Waals surface area contributed by atoms with Crippen molar-refractivity contribution in [3.8, 4) is 12.1 Å². The molecule has 0 aliphatic heterocycles. The first-order valence-electron chi connectivity index (χ1n) is 7.34. The third kappa shape index (κ3) is 4.15. The maximum atomic E-state index is 9.43. The van der Waals surface area contributed by atoms with Crippen molar-refractivity contribution in [3.05, 3.63) is 54.1 Å². The molecular formula is C18H19N5. The maximum absolute atomic E-state index is 9.43. The lowest BCUT2D eigenvalue weighted by Gasteiger charge is -2.19. The van der Waals surface area contributed by atoms with Crippen LogP contribution in [-0.2, 0) is 0 Å². The van der Waals surface area contributed by atoms with E-state index < -0.39 is 6.04 Å². The Kier molecular flexibility index (Phi) is 5.44. The third-order valence-electron chi connectivity index (χ3n) is 3.62. The second-order valence-electron chi connectivity index (χ2n) is 5.21. The van der Waals surface area contributed by atoms with Crippen LogP contribution in [0, 0.1) is 22.7 Å².